The van der Waals surface area contributed by atoms with Crippen molar-refractivity contribution < 1.29 is 4.79 Å². The van der Waals surface area contributed by atoms with Crippen LogP contribution in [0.15, 0.2) is 5.38 Å². The molecule has 1 aliphatic rings. The smallest absolute Gasteiger partial charge is 0.270 e. The number of carbonyl (C=O) groups excluding carboxylic acids is 1. The number of nitrogens with one attached hydrogen (secondary N) is 1. The fourth-order valence-corrected chi connectivity index (χ4v) is 2.01. The Balaban J connectivity index is 1.92. The van der Waals surface area contributed by atoms with Gasteiger partial charge in [0.25, 0.3) is 5.91 Å². The topological polar surface area (TPSA) is 68.0 Å². The van der Waals surface area contributed by atoms with Gasteiger partial charge in [0, 0.05) is 11.9 Å². The molecule has 1 fully saturated rings. The summed E-state index contributed by atoms with van der Waals surface area (Å²) in [7, 11) is 0. The largest absolute Gasteiger partial charge is 0.350 e. The number of amides is 1. The van der Waals surface area contributed by atoms with Gasteiger partial charge < -0.3 is 11.1 Å². The number of nitrogens with zero attached hydrogens (tertiary/aromatic N) is 1. The average Bonchev–Trinajstić information content (AvgIpc) is 2.88. The average molecular weight is 225 g/mol. The molecule has 1 heterocycles. The van der Waals surface area contributed by atoms with Crippen molar-refractivity contribution in [2.45, 2.75) is 25.8 Å². The molecule has 0 saturated heterocycles. The van der Waals surface area contributed by atoms with Crippen LogP contribution >= 0.6 is 11.3 Å². The van der Waals surface area contributed by atoms with E-state index in [1.54, 1.807) is 5.38 Å². The van der Waals surface area contributed by atoms with Gasteiger partial charge in [0.15, 0.2) is 0 Å². The SMILES string of the molecule is CC(N)c1nc(C(=O)NCC2CC2)cs1. The Bertz CT molecular complexity index is 357. The fourth-order valence-electron chi connectivity index (χ4n) is 1.25. The maximum atomic E-state index is 11.6. The summed E-state index contributed by atoms with van der Waals surface area (Å²) in [4.78, 5) is 15.8. The Morgan fingerprint density at radius 2 is 2.53 bits per heavy atom. The minimum Gasteiger partial charge on any atom is -0.350 e. The van der Waals surface area contributed by atoms with E-state index >= 15 is 0 Å². The van der Waals surface area contributed by atoms with E-state index in [4.69, 9.17) is 5.73 Å². The number of carbonyl (C=O) groups is 1. The maximum absolute atomic E-state index is 11.6. The van der Waals surface area contributed by atoms with Gasteiger partial charge in [-0.1, -0.05) is 0 Å². The van der Waals surface area contributed by atoms with Crippen molar-refractivity contribution >= 4 is 17.2 Å². The summed E-state index contributed by atoms with van der Waals surface area (Å²) < 4.78 is 0. The molecule has 0 bridgehead atoms. The zero-order valence-corrected chi connectivity index (χ0v) is 9.51. The molecule has 0 radical (unpaired) electrons. The second kappa shape index (κ2) is 4.28. The molecule has 1 amide bonds. The van der Waals surface area contributed by atoms with Crippen LogP contribution in [0.3, 0.4) is 0 Å². The highest BCUT2D eigenvalue weighted by Gasteiger charge is 2.22. The van der Waals surface area contributed by atoms with Crippen molar-refractivity contribution in [2.75, 3.05) is 6.54 Å². The lowest BCUT2D eigenvalue weighted by Crippen LogP contribution is -2.25. The van der Waals surface area contributed by atoms with Crippen molar-refractivity contribution in [1.82, 2.24) is 10.3 Å². The Labute approximate surface area is 92.9 Å². The number of thiazole rings is 1. The van der Waals surface area contributed by atoms with E-state index in [0.29, 0.717) is 11.6 Å². The maximum Gasteiger partial charge on any atom is 0.270 e. The van der Waals surface area contributed by atoms with Crippen molar-refractivity contribution in [3.05, 3.63) is 16.1 Å². The monoisotopic (exact) mass is 225 g/mol. The highest BCUT2D eigenvalue weighted by atomic mass is 32.1. The van der Waals surface area contributed by atoms with Crippen molar-refractivity contribution in [2.24, 2.45) is 11.7 Å². The first-order valence-corrected chi connectivity index (χ1v) is 6.04. The van der Waals surface area contributed by atoms with Crippen LogP contribution in [0, 0.1) is 5.92 Å². The van der Waals surface area contributed by atoms with Gasteiger partial charge in [-0.2, -0.15) is 0 Å². The Kier molecular flexibility index (Phi) is 3.02. The summed E-state index contributed by atoms with van der Waals surface area (Å²) in [6.07, 6.45) is 2.48. The molecule has 0 aromatic carbocycles. The number of nitrogens with two attached hydrogens (primary N) is 1. The summed E-state index contributed by atoms with van der Waals surface area (Å²) >= 11 is 1.44. The van der Waals surface area contributed by atoms with Gasteiger partial charge in [0.2, 0.25) is 0 Å². The zero-order valence-electron chi connectivity index (χ0n) is 8.69. The van der Waals surface area contributed by atoms with Crippen LogP contribution in [0.1, 0.15) is 41.3 Å². The van der Waals surface area contributed by atoms with E-state index in [-0.39, 0.29) is 11.9 Å². The predicted octanol–water partition coefficient (Wildman–Crippen LogP) is 1.30. The molecule has 15 heavy (non-hydrogen) atoms. The van der Waals surface area contributed by atoms with E-state index < -0.39 is 0 Å². The predicted molar refractivity (Wildman–Crippen MR) is 59.8 cm³/mol. The summed E-state index contributed by atoms with van der Waals surface area (Å²) in [6.45, 7) is 2.65. The van der Waals surface area contributed by atoms with Crippen LogP contribution in [0.4, 0.5) is 0 Å². The molecule has 4 nitrogen and oxygen atoms in total. The zero-order chi connectivity index (χ0) is 10.8. The summed E-state index contributed by atoms with van der Waals surface area (Å²) in [5.74, 6) is 0.616. The van der Waals surface area contributed by atoms with E-state index in [1.807, 2.05) is 6.92 Å². The molecular formula is C10H15N3OS. The third-order valence-corrected chi connectivity index (χ3v) is 3.44. The molecule has 5 heteroatoms. The molecule has 1 unspecified atom stereocenters. The Morgan fingerprint density at radius 3 is 3.07 bits per heavy atom. The highest BCUT2D eigenvalue weighted by Crippen LogP contribution is 2.27. The molecule has 1 atom stereocenters. The van der Waals surface area contributed by atoms with Gasteiger partial charge >= 0.3 is 0 Å². The van der Waals surface area contributed by atoms with Crippen LogP contribution in [-0.2, 0) is 0 Å². The van der Waals surface area contributed by atoms with Crippen LogP contribution in [0.2, 0.25) is 0 Å². The standard InChI is InChI=1S/C10H15N3OS/c1-6(11)10-13-8(5-15-10)9(14)12-4-7-2-3-7/h5-7H,2-4,11H2,1H3,(H,12,14). The van der Waals surface area contributed by atoms with Crippen molar-refractivity contribution in [3.63, 3.8) is 0 Å². The van der Waals surface area contributed by atoms with Crippen molar-refractivity contribution in [1.29, 1.82) is 0 Å². The van der Waals surface area contributed by atoms with Crippen LogP contribution in [-0.4, -0.2) is 17.4 Å². The molecule has 1 saturated carbocycles. The minimum atomic E-state index is -0.0972. The molecule has 1 aromatic heterocycles. The van der Waals surface area contributed by atoms with Crippen LogP contribution in [0.25, 0.3) is 0 Å². The van der Waals surface area contributed by atoms with Gasteiger partial charge in [0.05, 0.1) is 6.04 Å². The summed E-state index contributed by atoms with van der Waals surface area (Å²) in [5, 5.41) is 5.45. The summed E-state index contributed by atoms with van der Waals surface area (Å²) in [5.41, 5.74) is 6.17. The molecule has 0 spiro atoms. The molecule has 1 aromatic rings. The number of aromatic nitrogens is 1. The van der Waals surface area contributed by atoms with Crippen molar-refractivity contribution in [3.8, 4) is 0 Å². The van der Waals surface area contributed by atoms with Gasteiger partial charge in [-0.3, -0.25) is 4.79 Å². The van der Waals surface area contributed by atoms with E-state index in [2.05, 4.69) is 10.3 Å². The van der Waals surface area contributed by atoms with Crippen LogP contribution in [0.5, 0.6) is 0 Å². The minimum absolute atomic E-state index is 0.0787. The third kappa shape index (κ3) is 2.76. The lowest BCUT2D eigenvalue weighted by molar-refractivity contribution is 0.0947. The third-order valence-electron chi connectivity index (χ3n) is 2.39. The van der Waals surface area contributed by atoms with E-state index in [9.17, 15) is 4.79 Å². The number of rotatable bonds is 4. The first-order valence-electron chi connectivity index (χ1n) is 5.16. The fraction of sp³-hybridized carbons (Fsp3) is 0.600. The lowest BCUT2D eigenvalue weighted by Gasteiger charge is -2.00. The lowest BCUT2D eigenvalue weighted by atomic mass is 10.3. The molecular weight excluding hydrogens is 210 g/mol. The Hall–Kier alpha value is -0.940. The van der Waals surface area contributed by atoms with Gasteiger partial charge in [0.1, 0.15) is 10.7 Å². The number of hydrogen-bond acceptors (Lipinski definition) is 4. The number of hydrogen-bond donors (Lipinski definition) is 2. The van der Waals surface area contributed by atoms with Gasteiger partial charge in [-0.25, -0.2) is 4.98 Å². The molecule has 3 N–H and O–H groups in total. The van der Waals surface area contributed by atoms with Gasteiger partial charge in [-0.15, -0.1) is 11.3 Å². The quantitative estimate of drug-likeness (QED) is 0.811. The molecule has 2 rings (SSSR count). The molecule has 0 aliphatic heterocycles. The first kappa shape index (κ1) is 10.6. The Morgan fingerprint density at radius 1 is 1.80 bits per heavy atom. The normalized spacial score (nSPS) is 17.5. The van der Waals surface area contributed by atoms with E-state index in [1.165, 1.54) is 24.2 Å². The van der Waals surface area contributed by atoms with Crippen LogP contribution < -0.4 is 11.1 Å². The first-order chi connectivity index (χ1) is 7.16. The van der Waals surface area contributed by atoms with E-state index in [0.717, 1.165) is 11.6 Å². The molecule has 1 aliphatic carbocycles. The second-order valence-electron chi connectivity index (χ2n) is 4.01. The summed E-state index contributed by atoms with van der Waals surface area (Å²) in [6, 6.07) is -0.0972. The van der Waals surface area contributed by atoms with Gasteiger partial charge in [-0.05, 0) is 25.7 Å². The highest BCUT2D eigenvalue weighted by molar-refractivity contribution is 7.09. The molecule has 82 valence electrons. The second-order valence-corrected chi connectivity index (χ2v) is 4.90.